The summed E-state index contributed by atoms with van der Waals surface area (Å²) in [4.78, 5) is 14.8. The summed E-state index contributed by atoms with van der Waals surface area (Å²) in [7, 11) is 0. The number of nitrogens with zero attached hydrogens (tertiary/aromatic N) is 3. The van der Waals surface area contributed by atoms with Crippen molar-refractivity contribution in [1.29, 1.82) is 0 Å². The van der Waals surface area contributed by atoms with Crippen molar-refractivity contribution in [2.75, 3.05) is 0 Å². The lowest BCUT2D eigenvalue weighted by atomic mass is 10.1. The van der Waals surface area contributed by atoms with Crippen LogP contribution >= 0.6 is 0 Å². The Kier molecular flexibility index (Phi) is 3.19. The molecule has 0 radical (unpaired) electrons. The second-order valence-electron chi connectivity index (χ2n) is 4.95. The van der Waals surface area contributed by atoms with E-state index in [1.165, 1.54) is 18.9 Å². The zero-order valence-electron chi connectivity index (χ0n) is 11.0. The fourth-order valence-corrected chi connectivity index (χ4v) is 1.94. The molecule has 0 bridgehead atoms. The fourth-order valence-electron chi connectivity index (χ4n) is 1.94. The Bertz CT molecular complexity index is 649. The summed E-state index contributed by atoms with van der Waals surface area (Å²) in [6.45, 7) is 2.38. The Balaban J connectivity index is 1.87. The largest absolute Gasteiger partial charge is 0.334 e. The number of hydrogen-bond donors (Lipinski definition) is 1. The van der Waals surface area contributed by atoms with E-state index in [0.717, 1.165) is 5.56 Å². The van der Waals surface area contributed by atoms with E-state index < -0.39 is 4.92 Å². The van der Waals surface area contributed by atoms with Crippen LogP contribution in [0.4, 0.5) is 5.69 Å². The summed E-state index contributed by atoms with van der Waals surface area (Å²) in [5.41, 5.74) is 1.24. The minimum atomic E-state index is -0.443. The molecule has 1 aromatic carbocycles. The van der Waals surface area contributed by atoms with Crippen molar-refractivity contribution in [3.8, 4) is 11.5 Å². The van der Waals surface area contributed by atoms with E-state index in [1.54, 1.807) is 12.1 Å². The van der Waals surface area contributed by atoms with Gasteiger partial charge in [0, 0.05) is 12.1 Å². The molecule has 1 heterocycles. The third-order valence-corrected chi connectivity index (χ3v) is 3.17. The number of nitrogens with one attached hydrogen (secondary N) is 1. The zero-order valence-corrected chi connectivity index (χ0v) is 11.0. The molecule has 0 unspecified atom stereocenters. The number of aromatic nitrogens is 2. The van der Waals surface area contributed by atoms with E-state index in [-0.39, 0.29) is 11.6 Å². The lowest BCUT2D eigenvalue weighted by Gasteiger charge is -1.99. The van der Waals surface area contributed by atoms with Gasteiger partial charge in [0.05, 0.1) is 11.5 Å². The highest BCUT2D eigenvalue weighted by Crippen LogP contribution is 2.29. The molecule has 0 atom stereocenters. The predicted molar refractivity (Wildman–Crippen MR) is 71.0 cm³/mol. The van der Waals surface area contributed by atoms with E-state index in [2.05, 4.69) is 15.5 Å². The normalized spacial score (nSPS) is 14.4. The Morgan fingerprint density at radius 2 is 2.30 bits per heavy atom. The Labute approximate surface area is 115 Å². The highest BCUT2D eigenvalue weighted by atomic mass is 16.6. The SMILES string of the molecule is Cc1ccc([N+](=O)[O-])c(-c2nc(CNC3CC3)no2)c1. The van der Waals surface area contributed by atoms with Crippen LogP contribution in [0.2, 0.25) is 0 Å². The molecule has 1 aliphatic carbocycles. The van der Waals surface area contributed by atoms with Gasteiger partial charge in [0.25, 0.3) is 11.6 Å². The quantitative estimate of drug-likeness (QED) is 0.663. The molecule has 3 rings (SSSR count). The van der Waals surface area contributed by atoms with E-state index in [9.17, 15) is 10.1 Å². The van der Waals surface area contributed by atoms with Crippen molar-refractivity contribution in [3.63, 3.8) is 0 Å². The summed E-state index contributed by atoms with van der Waals surface area (Å²) in [5, 5.41) is 18.2. The van der Waals surface area contributed by atoms with Gasteiger partial charge in [0.2, 0.25) is 0 Å². The average molecular weight is 274 g/mol. The van der Waals surface area contributed by atoms with Crippen LogP contribution in [0.15, 0.2) is 22.7 Å². The standard InChI is InChI=1S/C13H14N4O3/c1-8-2-5-11(17(18)19)10(6-8)13-15-12(16-20-13)7-14-9-3-4-9/h2,5-6,9,14H,3-4,7H2,1H3. The van der Waals surface area contributed by atoms with Crippen molar-refractivity contribution in [3.05, 3.63) is 39.7 Å². The maximum atomic E-state index is 11.0. The lowest BCUT2D eigenvalue weighted by molar-refractivity contribution is -0.384. The van der Waals surface area contributed by atoms with E-state index in [1.807, 2.05) is 6.92 Å². The fraction of sp³-hybridized carbons (Fsp3) is 0.385. The lowest BCUT2D eigenvalue weighted by Crippen LogP contribution is -2.16. The molecule has 1 saturated carbocycles. The Morgan fingerprint density at radius 3 is 3.00 bits per heavy atom. The minimum Gasteiger partial charge on any atom is -0.334 e. The van der Waals surface area contributed by atoms with E-state index >= 15 is 0 Å². The molecule has 1 aliphatic rings. The first kappa shape index (κ1) is 12.7. The van der Waals surface area contributed by atoms with Crippen LogP contribution in [0.1, 0.15) is 24.2 Å². The van der Waals surface area contributed by atoms with Crippen LogP contribution in [0.5, 0.6) is 0 Å². The van der Waals surface area contributed by atoms with Gasteiger partial charge in [-0.05, 0) is 31.4 Å². The first-order valence-corrected chi connectivity index (χ1v) is 6.45. The van der Waals surface area contributed by atoms with Crippen molar-refractivity contribution in [2.24, 2.45) is 0 Å². The molecule has 2 aromatic rings. The molecular weight excluding hydrogens is 260 g/mol. The zero-order chi connectivity index (χ0) is 14.1. The van der Waals surface area contributed by atoms with Crippen LogP contribution in [-0.4, -0.2) is 21.1 Å². The first-order valence-electron chi connectivity index (χ1n) is 6.45. The topological polar surface area (TPSA) is 94.1 Å². The third-order valence-electron chi connectivity index (χ3n) is 3.17. The highest BCUT2D eigenvalue weighted by molar-refractivity contribution is 5.67. The number of hydrogen-bond acceptors (Lipinski definition) is 6. The van der Waals surface area contributed by atoms with Gasteiger partial charge in [0.1, 0.15) is 5.56 Å². The van der Waals surface area contributed by atoms with Gasteiger partial charge in [-0.2, -0.15) is 4.98 Å². The minimum absolute atomic E-state index is 0.0269. The van der Waals surface area contributed by atoms with Crippen LogP contribution in [0, 0.1) is 17.0 Å². The monoisotopic (exact) mass is 274 g/mol. The maximum Gasteiger partial charge on any atom is 0.282 e. The highest BCUT2D eigenvalue weighted by Gasteiger charge is 2.23. The molecular formula is C13H14N4O3. The summed E-state index contributed by atoms with van der Waals surface area (Å²) >= 11 is 0. The third kappa shape index (κ3) is 2.67. The molecule has 0 amide bonds. The van der Waals surface area contributed by atoms with Crippen molar-refractivity contribution < 1.29 is 9.45 Å². The second-order valence-corrected chi connectivity index (χ2v) is 4.95. The van der Waals surface area contributed by atoms with Crippen molar-refractivity contribution in [1.82, 2.24) is 15.5 Å². The van der Waals surface area contributed by atoms with Crippen LogP contribution < -0.4 is 5.32 Å². The second kappa shape index (κ2) is 5.01. The molecule has 1 aromatic heterocycles. The number of aryl methyl sites for hydroxylation is 1. The van der Waals surface area contributed by atoms with Gasteiger partial charge in [-0.1, -0.05) is 11.2 Å². The van der Waals surface area contributed by atoms with Gasteiger partial charge >= 0.3 is 0 Å². The molecule has 104 valence electrons. The van der Waals surface area contributed by atoms with E-state index in [0.29, 0.717) is 24.0 Å². The van der Waals surface area contributed by atoms with Crippen LogP contribution in [-0.2, 0) is 6.54 Å². The molecule has 20 heavy (non-hydrogen) atoms. The molecule has 7 nitrogen and oxygen atoms in total. The van der Waals surface area contributed by atoms with Crippen LogP contribution in [0.3, 0.4) is 0 Å². The summed E-state index contributed by atoms with van der Waals surface area (Å²) in [6.07, 6.45) is 2.35. The van der Waals surface area contributed by atoms with Gasteiger partial charge in [-0.15, -0.1) is 0 Å². The molecule has 7 heteroatoms. The number of benzene rings is 1. The number of nitro groups is 1. The molecule has 1 N–H and O–H groups in total. The van der Waals surface area contributed by atoms with Gasteiger partial charge in [0.15, 0.2) is 5.82 Å². The molecule has 1 fully saturated rings. The molecule has 0 saturated heterocycles. The van der Waals surface area contributed by atoms with Crippen molar-refractivity contribution >= 4 is 5.69 Å². The van der Waals surface area contributed by atoms with Gasteiger partial charge < -0.3 is 9.84 Å². The van der Waals surface area contributed by atoms with Gasteiger partial charge in [-0.25, -0.2) is 0 Å². The van der Waals surface area contributed by atoms with E-state index in [4.69, 9.17) is 4.52 Å². The number of rotatable bonds is 5. The van der Waals surface area contributed by atoms with Crippen molar-refractivity contribution in [2.45, 2.75) is 32.4 Å². The predicted octanol–water partition coefficient (Wildman–Crippen LogP) is 2.21. The average Bonchev–Trinajstić information content (AvgIpc) is 3.13. The summed E-state index contributed by atoms with van der Waals surface area (Å²) < 4.78 is 5.14. The van der Waals surface area contributed by atoms with Gasteiger partial charge in [-0.3, -0.25) is 10.1 Å². The van der Waals surface area contributed by atoms with Crippen LogP contribution in [0.25, 0.3) is 11.5 Å². The smallest absolute Gasteiger partial charge is 0.282 e. The number of nitro benzene ring substituents is 1. The molecule has 0 spiro atoms. The Morgan fingerprint density at radius 1 is 1.50 bits per heavy atom. The molecule has 0 aliphatic heterocycles. The Hall–Kier alpha value is -2.28. The summed E-state index contributed by atoms with van der Waals surface area (Å²) in [6, 6.07) is 5.37. The maximum absolute atomic E-state index is 11.0. The first-order chi connectivity index (χ1) is 9.63. The summed E-state index contributed by atoms with van der Waals surface area (Å²) in [5.74, 6) is 0.704.